The van der Waals surface area contributed by atoms with Gasteiger partial charge in [0.25, 0.3) is 5.91 Å². The molecule has 0 radical (unpaired) electrons. The number of fused-ring (bicyclic) bond motifs is 1. The Bertz CT molecular complexity index is 1210. The van der Waals surface area contributed by atoms with Crippen LogP contribution in [0.5, 0.6) is 0 Å². The molecule has 5 rings (SSSR count). The lowest BCUT2D eigenvalue weighted by Crippen LogP contribution is -2.32. The standard InChI is InChI=1S/C26H30ClN7O/c1-28-25(35)23-22(5-4-12-29-23)32-24-21(27)16-30-26(33-24)31-19-9-6-17-7-10-20(11-8-18(17)15-19)34-13-2-3-14-34/h4-6,9,12,15-16,20H,2-3,7-8,10-11,13-14H2,1H3,(H,28,35)(H2,30,31,32,33). The third-order valence-corrected chi connectivity index (χ3v) is 7.14. The van der Waals surface area contributed by atoms with E-state index in [1.165, 1.54) is 49.9 Å². The number of nitrogens with one attached hydrogen (secondary N) is 3. The molecule has 1 aliphatic heterocycles. The maximum Gasteiger partial charge on any atom is 0.271 e. The van der Waals surface area contributed by atoms with Crippen LogP contribution in [-0.4, -0.2) is 51.9 Å². The van der Waals surface area contributed by atoms with Crippen molar-refractivity contribution in [3.63, 3.8) is 0 Å². The van der Waals surface area contributed by atoms with Crippen molar-refractivity contribution >= 4 is 40.6 Å². The summed E-state index contributed by atoms with van der Waals surface area (Å²) in [5.41, 5.74) is 4.56. The monoisotopic (exact) mass is 491 g/mol. The van der Waals surface area contributed by atoms with Gasteiger partial charge in [0.15, 0.2) is 11.5 Å². The topological polar surface area (TPSA) is 95.1 Å². The summed E-state index contributed by atoms with van der Waals surface area (Å²) in [6.07, 6.45) is 10.4. The summed E-state index contributed by atoms with van der Waals surface area (Å²) in [5, 5.41) is 9.37. The lowest BCUT2D eigenvalue weighted by atomic mass is 10.0. The highest BCUT2D eigenvalue weighted by molar-refractivity contribution is 6.33. The largest absolute Gasteiger partial charge is 0.354 e. The smallest absolute Gasteiger partial charge is 0.271 e. The van der Waals surface area contributed by atoms with E-state index < -0.39 is 0 Å². The molecule has 0 saturated carbocycles. The van der Waals surface area contributed by atoms with Gasteiger partial charge in [-0.2, -0.15) is 4.98 Å². The zero-order valence-corrected chi connectivity index (χ0v) is 20.6. The molecule has 0 spiro atoms. The molecular formula is C26H30ClN7O. The van der Waals surface area contributed by atoms with E-state index in [0.29, 0.717) is 28.5 Å². The first-order chi connectivity index (χ1) is 17.1. The van der Waals surface area contributed by atoms with Crippen LogP contribution in [0.25, 0.3) is 0 Å². The van der Waals surface area contributed by atoms with E-state index in [9.17, 15) is 4.79 Å². The van der Waals surface area contributed by atoms with E-state index in [2.05, 4.69) is 54.0 Å². The van der Waals surface area contributed by atoms with Gasteiger partial charge in [0.05, 0.1) is 11.9 Å². The summed E-state index contributed by atoms with van der Waals surface area (Å²) in [4.78, 5) is 27.9. The Kier molecular flexibility index (Phi) is 7.11. The Balaban J connectivity index is 1.31. The zero-order valence-electron chi connectivity index (χ0n) is 19.9. The molecule has 3 N–H and O–H groups in total. The minimum atomic E-state index is -0.298. The Labute approximate surface area is 210 Å². The van der Waals surface area contributed by atoms with Gasteiger partial charge in [0, 0.05) is 25.0 Å². The first-order valence-corrected chi connectivity index (χ1v) is 12.6. The van der Waals surface area contributed by atoms with Crippen LogP contribution in [0.3, 0.4) is 0 Å². The van der Waals surface area contributed by atoms with Gasteiger partial charge >= 0.3 is 0 Å². The van der Waals surface area contributed by atoms with E-state index in [1.807, 2.05) is 0 Å². The summed E-state index contributed by atoms with van der Waals surface area (Å²) in [5.74, 6) is 0.518. The quantitative estimate of drug-likeness (QED) is 0.429. The lowest BCUT2D eigenvalue weighted by Gasteiger charge is -2.25. The fourth-order valence-corrected chi connectivity index (χ4v) is 5.16. The Morgan fingerprint density at radius 3 is 2.66 bits per heavy atom. The highest BCUT2D eigenvalue weighted by Gasteiger charge is 2.24. The van der Waals surface area contributed by atoms with E-state index in [1.54, 1.807) is 31.6 Å². The number of pyridine rings is 1. The Morgan fingerprint density at radius 2 is 1.86 bits per heavy atom. The van der Waals surface area contributed by atoms with Crippen molar-refractivity contribution in [1.29, 1.82) is 0 Å². The van der Waals surface area contributed by atoms with E-state index >= 15 is 0 Å². The fraction of sp³-hybridized carbons (Fsp3) is 0.385. The van der Waals surface area contributed by atoms with Gasteiger partial charge in [-0.1, -0.05) is 17.7 Å². The second-order valence-electron chi connectivity index (χ2n) is 9.08. The molecule has 2 aromatic heterocycles. The predicted octanol–water partition coefficient (Wildman–Crippen LogP) is 4.72. The van der Waals surface area contributed by atoms with Gasteiger partial charge < -0.3 is 20.9 Å². The molecule has 3 heterocycles. The van der Waals surface area contributed by atoms with Crippen LogP contribution in [0.2, 0.25) is 5.02 Å². The van der Waals surface area contributed by atoms with E-state index in [4.69, 9.17) is 11.6 Å². The van der Waals surface area contributed by atoms with Crippen molar-refractivity contribution in [2.24, 2.45) is 0 Å². The molecule has 1 amide bonds. The molecule has 8 nitrogen and oxygen atoms in total. The number of halogens is 1. The number of hydrogen-bond donors (Lipinski definition) is 3. The number of hydrogen-bond acceptors (Lipinski definition) is 7. The minimum absolute atomic E-state index is 0.261. The number of carbonyl (C=O) groups is 1. The van der Waals surface area contributed by atoms with E-state index in [-0.39, 0.29) is 11.6 Å². The second-order valence-corrected chi connectivity index (χ2v) is 9.48. The van der Waals surface area contributed by atoms with Crippen LogP contribution in [0.1, 0.15) is 47.3 Å². The molecule has 1 fully saturated rings. The van der Waals surface area contributed by atoms with E-state index in [0.717, 1.165) is 18.5 Å². The zero-order chi connectivity index (χ0) is 24.2. The molecule has 1 aromatic carbocycles. The third kappa shape index (κ3) is 5.39. The molecule has 182 valence electrons. The molecule has 9 heteroatoms. The van der Waals surface area contributed by atoms with Crippen molar-refractivity contribution < 1.29 is 4.79 Å². The number of amides is 1. The first-order valence-electron chi connectivity index (χ1n) is 12.2. The molecule has 0 bridgehead atoms. The van der Waals surface area contributed by atoms with Gasteiger partial charge in [0.2, 0.25) is 5.95 Å². The molecular weight excluding hydrogens is 462 g/mol. The molecule has 3 aromatic rings. The number of anilines is 4. The molecule has 2 aliphatic rings. The van der Waals surface area contributed by atoms with Gasteiger partial charge in [-0.15, -0.1) is 0 Å². The van der Waals surface area contributed by atoms with Crippen molar-refractivity contribution in [1.82, 2.24) is 25.2 Å². The molecule has 1 unspecified atom stereocenters. The average molecular weight is 492 g/mol. The minimum Gasteiger partial charge on any atom is -0.354 e. The fourth-order valence-electron chi connectivity index (χ4n) is 5.02. The molecule has 1 atom stereocenters. The van der Waals surface area contributed by atoms with Gasteiger partial charge in [-0.05, 0) is 87.0 Å². The summed E-state index contributed by atoms with van der Waals surface area (Å²) in [6, 6.07) is 10.7. The maximum absolute atomic E-state index is 12.2. The highest BCUT2D eigenvalue weighted by Crippen LogP contribution is 2.30. The van der Waals surface area contributed by atoms with Crippen LogP contribution < -0.4 is 16.0 Å². The third-order valence-electron chi connectivity index (χ3n) is 6.86. The number of benzene rings is 1. The summed E-state index contributed by atoms with van der Waals surface area (Å²) in [6.45, 7) is 2.50. The first kappa shape index (κ1) is 23.5. The average Bonchev–Trinajstić information content (AvgIpc) is 3.33. The van der Waals surface area contributed by atoms with Crippen LogP contribution in [0, 0.1) is 0 Å². The SMILES string of the molecule is CNC(=O)c1ncccc1Nc1nc(Nc2ccc3c(c2)CCC(N2CCCC2)CC3)ncc1Cl. The maximum atomic E-state index is 12.2. The normalized spacial score (nSPS) is 17.9. The summed E-state index contributed by atoms with van der Waals surface area (Å²) in [7, 11) is 1.56. The van der Waals surface area contributed by atoms with Crippen LogP contribution in [-0.2, 0) is 12.8 Å². The van der Waals surface area contributed by atoms with Gasteiger partial charge in [0.1, 0.15) is 5.02 Å². The highest BCUT2D eigenvalue weighted by atomic mass is 35.5. The number of rotatable bonds is 6. The Hall–Kier alpha value is -3.23. The van der Waals surface area contributed by atoms with Gasteiger partial charge in [-0.3, -0.25) is 4.79 Å². The van der Waals surface area contributed by atoms with Crippen LogP contribution >= 0.6 is 11.6 Å². The summed E-state index contributed by atoms with van der Waals surface area (Å²) < 4.78 is 0. The molecule has 1 saturated heterocycles. The number of aryl methyl sites for hydroxylation is 2. The second kappa shape index (κ2) is 10.6. The number of aromatic nitrogens is 3. The van der Waals surface area contributed by atoms with Gasteiger partial charge in [-0.25, -0.2) is 9.97 Å². The Morgan fingerprint density at radius 1 is 1.06 bits per heavy atom. The van der Waals surface area contributed by atoms with Crippen molar-refractivity contribution in [3.8, 4) is 0 Å². The molecule has 35 heavy (non-hydrogen) atoms. The van der Waals surface area contributed by atoms with Crippen LogP contribution in [0.15, 0.2) is 42.7 Å². The number of carbonyl (C=O) groups excluding carboxylic acids is 1. The summed E-state index contributed by atoms with van der Waals surface area (Å²) >= 11 is 6.36. The lowest BCUT2D eigenvalue weighted by molar-refractivity contribution is 0.0959. The van der Waals surface area contributed by atoms with Crippen molar-refractivity contribution in [3.05, 3.63) is 64.6 Å². The number of nitrogens with zero attached hydrogens (tertiary/aromatic N) is 4. The molecule has 1 aliphatic carbocycles. The predicted molar refractivity (Wildman–Crippen MR) is 139 cm³/mol. The van der Waals surface area contributed by atoms with Crippen LogP contribution in [0.4, 0.5) is 23.1 Å². The van der Waals surface area contributed by atoms with Crippen molar-refractivity contribution in [2.75, 3.05) is 30.8 Å². The van der Waals surface area contributed by atoms with Crippen molar-refractivity contribution in [2.45, 2.75) is 44.6 Å². The number of likely N-dealkylation sites (tertiary alicyclic amines) is 1.